The van der Waals surface area contributed by atoms with Crippen molar-refractivity contribution in [3.05, 3.63) is 48.3 Å². The lowest BCUT2D eigenvalue weighted by Gasteiger charge is -2.36. The first kappa shape index (κ1) is 23.1. The highest BCUT2D eigenvalue weighted by atomic mass is 32.2. The zero-order valence-electron chi connectivity index (χ0n) is 20.1. The first-order valence-corrected chi connectivity index (χ1v) is 13.2. The maximum Gasteiger partial charge on any atom is 0.234 e. The third-order valence-electron chi connectivity index (χ3n) is 7.19. The van der Waals surface area contributed by atoms with E-state index in [2.05, 4.69) is 30.4 Å². The number of methoxy groups -OCH3 is 1. The molecule has 3 aliphatic rings. The second kappa shape index (κ2) is 9.59. The summed E-state index contributed by atoms with van der Waals surface area (Å²) in [4.78, 5) is 39.3. The molecule has 1 unspecified atom stereocenters. The van der Waals surface area contributed by atoms with Gasteiger partial charge in [-0.25, -0.2) is 9.97 Å². The number of hydrogen-bond donors (Lipinski definition) is 2. The predicted octanol–water partition coefficient (Wildman–Crippen LogP) is 2.48. The fourth-order valence-corrected chi connectivity index (χ4v) is 6.12. The molecule has 10 heteroatoms. The number of carbonyl (C=O) groups is 2. The van der Waals surface area contributed by atoms with Crippen LogP contribution in [0.2, 0.25) is 0 Å². The van der Waals surface area contributed by atoms with E-state index in [1.807, 2.05) is 36.4 Å². The average molecular weight is 505 g/mol. The number of benzene rings is 2. The molecule has 1 aromatic heterocycles. The maximum atomic E-state index is 12.8. The molecule has 2 fully saturated rings. The summed E-state index contributed by atoms with van der Waals surface area (Å²) in [6.45, 7) is 4.33. The van der Waals surface area contributed by atoms with Gasteiger partial charge in [-0.1, -0.05) is 6.07 Å². The zero-order valence-corrected chi connectivity index (χ0v) is 20.9. The van der Waals surface area contributed by atoms with E-state index in [0.29, 0.717) is 5.75 Å². The van der Waals surface area contributed by atoms with E-state index in [1.54, 1.807) is 13.4 Å². The summed E-state index contributed by atoms with van der Waals surface area (Å²) in [5.41, 5.74) is 2.69. The third-order valence-corrected chi connectivity index (χ3v) is 8.27. The van der Waals surface area contributed by atoms with Gasteiger partial charge in [-0.15, -0.1) is 11.8 Å². The van der Waals surface area contributed by atoms with Crippen LogP contribution in [0.15, 0.2) is 47.6 Å². The van der Waals surface area contributed by atoms with Crippen LogP contribution in [-0.2, 0) is 9.59 Å². The van der Waals surface area contributed by atoms with E-state index in [1.165, 1.54) is 11.8 Å². The molecule has 0 bridgehead atoms. The van der Waals surface area contributed by atoms with Crippen LogP contribution in [0.3, 0.4) is 0 Å². The van der Waals surface area contributed by atoms with Gasteiger partial charge in [0.1, 0.15) is 17.9 Å². The minimum Gasteiger partial charge on any atom is -0.497 e. The van der Waals surface area contributed by atoms with E-state index < -0.39 is 0 Å². The molecule has 0 spiro atoms. The molecule has 2 N–H and O–H groups in total. The molecule has 2 saturated heterocycles. The molecule has 0 aliphatic carbocycles. The molecule has 186 valence electrons. The quantitative estimate of drug-likeness (QED) is 0.547. The van der Waals surface area contributed by atoms with Gasteiger partial charge in [-0.3, -0.25) is 14.5 Å². The highest BCUT2D eigenvalue weighted by Gasteiger charge is 2.35. The van der Waals surface area contributed by atoms with Crippen LogP contribution in [0.25, 0.3) is 10.9 Å². The average Bonchev–Trinajstić information content (AvgIpc) is 3.27. The molecule has 2 aromatic carbocycles. The topological polar surface area (TPSA) is 99.7 Å². The zero-order chi connectivity index (χ0) is 24.6. The highest BCUT2D eigenvalue weighted by molar-refractivity contribution is 8.00. The molecule has 36 heavy (non-hydrogen) atoms. The monoisotopic (exact) mass is 504 g/mol. The Kier molecular flexibility index (Phi) is 6.14. The number of piperazine rings is 1. The molecular formula is C26H28N6O3S. The Balaban J connectivity index is 1.08. The van der Waals surface area contributed by atoms with Crippen molar-refractivity contribution in [1.82, 2.24) is 20.2 Å². The van der Waals surface area contributed by atoms with E-state index in [0.717, 1.165) is 77.8 Å². The number of amides is 2. The Labute approximate surface area is 213 Å². The van der Waals surface area contributed by atoms with E-state index in [4.69, 9.17) is 4.74 Å². The molecule has 6 rings (SSSR count). The SMILES string of the molecule is COc1ccc2ncnc(N3CCN(CC4C[C@@H](c5ccc6c(c5)NC(=O)CS6)C(=O)N4)CC3)c2c1. The molecule has 2 amide bonds. The summed E-state index contributed by atoms with van der Waals surface area (Å²) in [7, 11) is 1.66. The Morgan fingerprint density at radius 2 is 1.94 bits per heavy atom. The summed E-state index contributed by atoms with van der Waals surface area (Å²) >= 11 is 1.54. The van der Waals surface area contributed by atoms with Gasteiger partial charge < -0.3 is 20.3 Å². The number of nitrogens with one attached hydrogen (secondary N) is 2. The van der Waals surface area contributed by atoms with Crippen LogP contribution < -0.4 is 20.3 Å². The van der Waals surface area contributed by atoms with Gasteiger partial charge in [-0.05, 0) is 42.3 Å². The highest BCUT2D eigenvalue weighted by Crippen LogP contribution is 2.36. The van der Waals surface area contributed by atoms with Gasteiger partial charge >= 0.3 is 0 Å². The summed E-state index contributed by atoms with van der Waals surface area (Å²) in [6, 6.07) is 12.0. The molecule has 4 heterocycles. The van der Waals surface area contributed by atoms with Crippen molar-refractivity contribution in [2.45, 2.75) is 23.3 Å². The van der Waals surface area contributed by atoms with Gasteiger partial charge in [0.25, 0.3) is 0 Å². The van der Waals surface area contributed by atoms with Gasteiger partial charge in [-0.2, -0.15) is 0 Å². The lowest BCUT2D eigenvalue weighted by molar-refractivity contribution is -0.120. The van der Waals surface area contributed by atoms with Crippen molar-refractivity contribution in [3.8, 4) is 5.75 Å². The Morgan fingerprint density at radius 1 is 1.08 bits per heavy atom. The second-order valence-electron chi connectivity index (χ2n) is 9.45. The van der Waals surface area contributed by atoms with Gasteiger partial charge in [0.2, 0.25) is 11.8 Å². The van der Waals surface area contributed by atoms with Crippen molar-refractivity contribution in [3.63, 3.8) is 0 Å². The van der Waals surface area contributed by atoms with Crippen molar-refractivity contribution in [2.75, 3.05) is 55.8 Å². The van der Waals surface area contributed by atoms with Crippen LogP contribution in [-0.4, -0.2) is 78.3 Å². The second-order valence-corrected chi connectivity index (χ2v) is 10.5. The number of carbonyl (C=O) groups excluding carboxylic acids is 2. The molecule has 9 nitrogen and oxygen atoms in total. The number of ether oxygens (including phenoxy) is 1. The molecule has 2 atom stereocenters. The molecule has 0 radical (unpaired) electrons. The van der Waals surface area contributed by atoms with Crippen LogP contribution in [0, 0.1) is 0 Å². The minimum atomic E-state index is -0.187. The number of thioether (sulfide) groups is 1. The largest absolute Gasteiger partial charge is 0.497 e. The standard InChI is InChI=1S/C26H28N6O3S/c1-35-18-3-4-21-20(12-18)25(28-15-27-21)32-8-6-31(7-9-32)13-17-11-19(26(34)29-17)16-2-5-23-22(10-16)30-24(33)14-36-23/h2-5,10,12,15,17,19H,6-9,11,13-14H2,1H3,(H,29,34)(H,30,33)/t17?,19-/m0/s1. The maximum absolute atomic E-state index is 12.8. The number of anilines is 2. The van der Waals surface area contributed by atoms with E-state index in [-0.39, 0.29) is 23.8 Å². The van der Waals surface area contributed by atoms with Gasteiger partial charge in [0, 0.05) is 49.0 Å². The lowest BCUT2D eigenvalue weighted by Crippen LogP contribution is -2.50. The number of aromatic nitrogens is 2. The lowest BCUT2D eigenvalue weighted by atomic mass is 9.95. The predicted molar refractivity (Wildman–Crippen MR) is 140 cm³/mol. The Morgan fingerprint density at radius 3 is 2.78 bits per heavy atom. The van der Waals surface area contributed by atoms with Crippen molar-refractivity contribution < 1.29 is 14.3 Å². The molecule has 0 saturated carbocycles. The van der Waals surface area contributed by atoms with Crippen molar-refractivity contribution in [1.29, 1.82) is 0 Å². The first-order valence-electron chi connectivity index (χ1n) is 12.2. The fraction of sp³-hybridized carbons (Fsp3) is 0.385. The van der Waals surface area contributed by atoms with Crippen LogP contribution >= 0.6 is 11.8 Å². The Bertz CT molecular complexity index is 1330. The minimum absolute atomic E-state index is 0.00615. The summed E-state index contributed by atoms with van der Waals surface area (Å²) < 4.78 is 5.40. The summed E-state index contributed by atoms with van der Waals surface area (Å²) in [5, 5.41) is 7.12. The van der Waals surface area contributed by atoms with E-state index >= 15 is 0 Å². The van der Waals surface area contributed by atoms with E-state index in [9.17, 15) is 9.59 Å². The van der Waals surface area contributed by atoms with Crippen LogP contribution in [0.5, 0.6) is 5.75 Å². The smallest absolute Gasteiger partial charge is 0.234 e. The number of hydrogen-bond acceptors (Lipinski definition) is 8. The first-order chi connectivity index (χ1) is 17.6. The Hall–Kier alpha value is -3.37. The molecular weight excluding hydrogens is 476 g/mol. The van der Waals surface area contributed by atoms with Crippen LogP contribution in [0.4, 0.5) is 11.5 Å². The van der Waals surface area contributed by atoms with Gasteiger partial charge in [0.15, 0.2) is 0 Å². The number of nitrogens with zero attached hydrogens (tertiary/aromatic N) is 4. The summed E-state index contributed by atoms with van der Waals surface area (Å²) in [6.07, 6.45) is 2.38. The van der Waals surface area contributed by atoms with Crippen molar-refractivity contribution in [2.24, 2.45) is 0 Å². The van der Waals surface area contributed by atoms with Crippen LogP contribution in [0.1, 0.15) is 17.9 Å². The number of rotatable bonds is 5. The third kappa shape index (κ3) is 4.46. The fourth-order valence-electron chi connectivity index (χ4n) is 5.33. The number of fused-ring (bicyclic) bond motifs is 2. The van der Waals surface area contributed by atoms with Crippen molar-refractivity contribution >= 4 is 46.0 Å². The molecule has 3 aliphatic heterocycles. The molecule has 3 aromatic rings. The summed E-state index contributed by atoms with van der Waals surface area (Å²) in [5.74, 6) is 2.05. The normalized spacial score (nSPS) is 22.3. The van der Waals surface area contributed by atoms with Gasteiger partial charge in [0.05, 0.1) is 30.0 Å².